The monoisotopic (exact) mass is 580 g/mol. The lowest BCUT2D eigenvalue weighted by molar-refractivity contribution is -0.126. The van der Waals surface area contributed by atoms with Crippen LogP contribution in [-0.2, 0) is 16.8 Å². The number of benzene rings is 1. The summed E-state index contributed by atoms with van der Waals surface area (Å²) in [6.45, 7) is 11.0. The van der Waals surface area contributed by atoms with Gasteiger partial charge in [0.1, 0.15) is 0 Å². The van der Waals surface area contributed by atoms with E-state index in [4.69, 9.17) is 4.52 Å². The first-order valence-corrected chi connectivity index (χ1v) is 13.7. The van der Waals surface area contributed by atoms with E-state index in [9.17, 15) is 9.59 Å². The molecular formula is C28H33BrN6O3. The number of nitrogens with zero attached hydrogens (tertiary/aromatic N) is 5. The average Bonchev–Trinajstić information content (AvgIpc) is 3.42. The van der Waals surface area contributed by atoms with Gasteiger partial charge in [0.25, 0.3) is 11.7 Å². The Morgan fingerprint density at radius 1 is 1.16 bits per heavy atom. The number of pyridine rings is 1. The third-order valence-corrected chi connectivity index (χ3v) is 6.82. The number of aromatic nitrogens is 3. The van der Waals surface area contributed by atoms with Crippen molar-refractivity contribution in [2.75, 3.05) is 36.4 Å². The number of hydrogen-bond acceptors (Lipinski definition) is 7. The standard InChI is InChI=1S/C28H33BrN6O3/c1-19-16-20(7-8-21(19)17-31-26(37)25-32-27(38-33-25)28(2,3)4)22-9-11-30-18-23(22)34-12-14-35(15-13-34)24(36)6-5-10-29/h5-9,11,16,18H,10,12-15,17H2,1-4H3,(H,31,37). The number of amides is 2. The fourth-order valence-electron chi connectivity index (χ4n) is 4.24. The second-order valence-corrected chi connectivity index (χ2v) is 10.9. The molecule has 1 aliphatic heterocycles. The van der Waals surface area contributed by atoms with Crippen LogP contribution in [0.25, 0.3) is 11.1 Å². The summed E-state index contributed by atoms with van der Waals surface area (Å²) in [5.41, 5.74) is 4.94. The maximum Gasteiger partial charge on any atom is 0.292 e. The predicted octanol–water partition coefficient (Wildman–Crippen LogP) is 4.27. The van der Waals surface area contributed by atoms with Crippen LogP contribution in [0.15, 0.2) is 53.3 Å². The molecule has 1 aliphatic rings. The molecule has 0 atom stereocenters. The van der Waals surface area contributed by atoms with Gasteiger partial charge in [-0.3, -0.25) is 14.6 Å². The first kappa shape index (κ1) is 27.5. The van der Waals surface area contributed by atoms with Crippen molar-refractivity contribution in [3.8, 4) is 11.1 Å². The molecule has 3 aromatic rings. The summed E-state index contributed by atoms with van der Waals surface area (Å²) in [6, 6.07) is 8.23. The van der Waals surface area contributed by atoms with Gasteiger partial charge < -0.3 is 19.6 Å². The maximum atomic E-state index is 12.6. The van der Waals surface area contributed by atoms with Crippen LogP contribution in [0.5, 0.6) is 0 Å². The van der Waals surface area contributed by atoms with Gasteiger partial charge in [0.05, 0.1) is 11.9 Å². The zero-order chi connectivity index (χ0) is 27.3. The van der Waals surface area contributed by atoms with Crippen LogP contribution in [0.2, 0.25) is 0 Å². The van der Waals surface area contributed by atoms with Gasteiger partial charge in [0.2, 0.25) is 11.8 Å². The number of nitrogens with one attached hydrogen (secondary N) is 1. The lowest BCUT2D eigenvalue weighted by Gasteiger charge is -2.36. The minimum atomic E-state index is -0.371. The largest absolute Gasteiger partial charge is 0.366 e. The number of anilines is 1. The van der Waals surface area contributed by atoms with Crippen molar-refractivity contribution in [1.82, 2.24) is 25.3 Å². The number of carbonyl (C=O) groups excluding carboxylic acids is 2. The molecule has 0 radical (unpaired) electrons. The molecule has 0 spiro atoms. The molecule has 0 aliphatic carbocycles. The average molecular weight is 582 g/mol. The molecule has 1 aromatic carbocycles. The smallest absolute Gasteiger partial charge is 0.292 e. The van der Waals surface area contributed by atoms with Crippen molar-refractivity contribution in [1.29, 1.82) is 0 Å². The van der Waals surface area contributed by atoms with Crippen molar-refractivity contribution in [3.63, 3.8) is 0 Å². The highest BCUT2D eigenvalue weighted by Crippen LogP contribution is 2.32. The van der Waals surface area contributed by atoms with Crippen molar-refractivity contribution in [2.24, 2.45) is 0 Å². The molecule has 10 heteroatoms. The molecule has 0 bridgehead atoms. The molecule has 1 saturated heterocycles. The molecule has 1 fully saturated rings. The van der Waals surface area contributed by atoms with Gasteiger partial charge >= 0.3 is 0 Å². The van der Waals surface area contributed by atoms with Gasteiger partial charge in [-0.15, -0.1) is 0 Å². The zero-order valence-corrected chi connectivity index (χ0v) is 23.8. The van der Waals surface area contributed by atoms with Crippen LogP contribution in [0.1, 0.15) is 48.4 Å². The number of allylic oxidation sites excluding steroid dienone is 1. The summed E-state index contributed by atoms with van der Waals surface area (Å²) in [5, 5.41) is 7.37. The molecule has 3 heterocycles. The van der Waals surface area contributed by atoms with Gasteiger partial charge in [-0.05, 0) is 35.8 Å². The maximum absolute atomic E-state index is 12.6. The van der Waals surface area contributed by atoms with Gasteiger partial charge in [0.15, 0.2) is 0 Å². The molecule has 38 heavy (non-hydrogen) atoms. The Balaban J connectivity index is 1.43. The Bertz CT molecular complexity index is 1320. The number of aryl methyl sites for hydroxylation is 1. The third-order valence-electron chi connectivity index (χ3n) is 6.45. The molecular weight excluding hydrogens is 548 g/mol. The molecule has 4 rings (SSSR count). The van der Waals surface area contributed by atoms with E-state index in [0.717, 1.165) is 41.0 Å². The van der Waals surface area contributed by atoms with Crippen molar-refractivity contribution < 1.29 is 14.1 Å². The van der Waals surface area contributed by atoms with Crippen LogP contribution >= 0.6 is 15.9 Å². The first-order valence-electron chi connectivity index (χ1n) is 12.6. The van der Waals surface area contributed by atoms with E-state index in [1.54, 1.807) is 12.3 Å². The highest BCUT2D eigenvalue weighted by Gasteiger charge is 2.25. The molecule has 0 saturated carbocycles. The van der Waals surface area contributed by atoms with E-state index in [-0.39, 0.29) is 23.1 Å². The van der Waals surface area contributed by atoms with Crippen LogP contribution < -0.4 is 10.2 Å². The topological polar surface area (TPSA) is 104 Å². The molecule has 0 unspecified atom stereocenters. The van der Waals surface area contributed by atoms with E-state index < -0.39 is 0 Å². The Hall–Kier alpha value is -3.53. The summed E-state index contributed by atoms with van der Waals surface area (Å²) >= 11 is 3.31. The Morgan fingerprint density at radius 2 is 1.92 bits per heavy atom. The fraction of sp³-hybridized carbons (Fsp3) is 0.393. The molecule has 9 nitrogen and oxygen atoms in total. The number of halogens is 1. The highest BCUT2D eigenvalue weighted by molar-refractivity contribution is 9.09. The summed E-state index contributed by atoms with van der Waals surface area (Å²) in [7, 11) is 0. The van der Waals surface area contributed by atoms with E-state index in [0.29, 0.717) is 30.9 Å². The second kappa shape index (κ2) is 11.9. The van der Waals surface area contributed by atoms with Gasteiger partial charge in [-0.1, -0.05) is 66.1 Å². The number of piperazine rings is 1. The predicted molar refractivity (Wildman–Crippen MR) is 150 cm³/mol. The Labute approximate surface area is 231 Å². The van der Waals surface area contributed by atoms with Gasteiger partial charge in [0, 0.05) is 55.2 Å². The quantitative estimate of drug-likeness (QED) is 0.328. The van der Waals surface area contributed by atoms with E-state index in [1.165, 1.54) is 0 Å². The molecule has 2 aromatic heterocycles. The van der Waals surface area contributed by atoms with Crippen molar-refractivity contribution in [3.05, 3.63) is 71.7 Å². The third kappa shape index (κ3) is 6.48. The van der Waals surface area contributed by atoms with Crippen LogP contribution in [0, 0.1) is 6.92 Å². The number of alkyl halides is 1. The van der Waals surface area contributed by atoms with E-state index >= 15 is 0 Å². The van der Waals surface area contributed by atoms with Crippen LogP contribution in [0.4, 0.5) is 5.69 Å². The molecule has 2 amide bonds. The van der Waals surface area contributed by atoms with Crippen LogP contribution in [-0.4, -0.2) is 63.3 Å². The van der Waals surface area contributed by atoms with E-state index in [2.05, 4.69) is 53.4 Å². The van der Waals surface area contributed by atoms with Gasteiger partial charge in [-0.25, -0.2) is 0 Å². The minimum Gasteiger partial charge on any atom is -0.366 e. The van der Waals surface area contributed by atoms with Gasteiger partial charge in [-0.2, -0.15) is 4.98 Å². The Morgan fingerprint density at radius 3 is 2.58 bits per heavy atom. The number of hydrogen-bond donors (Lipinski definition) is 1. The Kier molecular flexibility index (Phi) is 8.61. The molecule has 1 N–H and O–H groups in total. The van der Waals surface area contributed by atoms with Crippen molar-refractivity contribution >= 4 is 33.4 Å². The lowest BCUT2D eigenvalue weighted by Crippen LogP contribution is -2.48. The normalized spacial score (nSPS) is 14.2. The summed E-state index contributed by atoms with van der Waals surface area (Å²) in [6.07, 6.45) is 7.12. The highest BCUT2D eigenvalue weighted by atomic mass is 79.9. The first-order chi connectivity index (χ1) is 18.2. The SMILES string of the molecule is Cc1cc(-c2ccncc2N2CCN(C(=O)C=CCBr)CC2)ccc1CNC(=O)c1noc(C(C)(C)C)n1. The summed E-state index contributed by atoms with van der Waals surface area (Å²) in [4.78, 5) is 37.6. The zero-order valence-electron chi connectivity index (χ0n) is 22.2. The number of carbonyl (C=O) groups is 2. The van der Waals surface area contributed by atoms with Crippen LogP contribution in [0.3, 0.4) is 0 Å². The fourth-order valence-corrected chi connectivity index (χ4v) is 4.42. The lowest BCUT2D eigenvalue weighted by atomic mass is 9.97. The summed E-state index contributed by atoms with van der Waals surface area (Å²) < 4.78 is 5.23. The van der Waals surface area contributed by atoms with E-state index in [1.807, 2.05) is 57.0 Å². The number of rotatable bonds is 7. The molecule has 200 valence electrons. The van der Waals surface area contributed by atoms with Crippen molar-refractivity contribution in [2.45, 2.75) is 39.7 Å². The second-order valence-electron chi connectivity index (χ2n) is 10.3. The minimum absolute atomic E-state index is 0.0339. The summed E-state index contributed by atoms with van der Waals surface area (Å²) in [5.74, 6) is 0.134.